The van der Waals surface area contributed by atoms with E-state index in [2.05, 4.69) is 11.4 Å². The third kappa shape index (κ3) is 2.77. The van der Waals surface area contributed by atoms with Crippen molar-refractivity contribution >= 4 is 33.6 Å². The zero-order valence-corrected chi connectivity index (χ0v) is 13.4. The van der Waals surface area contributed by atoms with Gasteiger partial charge < -0.3 is 5.32 Å². The van der Waals surface area contributed by atoms with Gasteiger partial charge in [-0.15, -0.1) is 22.7 Å². The van der Waals surface area contributed by atoms with Gasteiger partial charge in [0.15, 0.2) is 0 Å². The molecule has 0 aliphatic heterocycles. The van der Waals surface area contributed by atoms with Crippen LogP contribution in [-0.2, 0) is 12.8 Å². The molecule has 2 rings (SSSR count). The van der Waals surface area contributed by atoms with Crippen molar-refractivity contribution in [2.45, 2.75) is 33.6 Å². The molecular weight excluding hydrogens is 288 g/mol. The molecule has 0 aliphatic rings. The Morgan fingerprint density at radius 3 is 2.75 bits per heavy atom. The molecule has 0 bridgehead atoms. The lowest BCUT2D eigenvalue weighted by atomic mass is 10.1. The number of nitriles is 1. The van der Waals surface area contributed by atoms with Crippen molar-refractivity contribution in [1.29, 1.82) is 5.26 Å². The molecule has 2 aromatic rings. The largest absolute Gasteiger partial charge is 0.312 e. The van der Waals surface area contributed by atoms with Crippen LogP contribution in [-0.4, -0.2) is 5.91 Å². The Morgan fingerprint density at radius 2 is 2.15 bits per heavy atom. The minimum atomic E-state index is -0.118. The van der Waals surface area contributed by atoms with Crippen molar-refractivity contribution in [3.63, 3.8) is 0 Å². The molecule has 0 aromatic carbocycles. The Kier molecular flexibility index (Phi) is 4.58. The number of carbonyl (C=O) groups excluding carboxylic acids is 1. The first kappa shape index (κ1) is 14.8. The van der Waals surface area contributed by atoms with Crippen molar-refractivity contribution in [3.05, 3.63) is 37.9 Å². The van der Waals surface area contributed by atoms with Crippen LogP contribution in [0, 0.1) is 18.3 Å². The lowest BCUT2D eigenvalue weighted by molar-refractivity contribution is 0.102. The molecule has 0 radical (unpaired) electrons. The van der Waals surface area contributed by atoms with Crippen LogP contribution in [0.3, 0.4) is 0 Å². The molecule has 0 saturated heterocycles. The van der Waals surface area contributed by atoms with Gasteiger partial charge in [0.25, 0.3) is 5.91 Å². The van der Waals surface area contributed by atoms with E-state index in [1.807, 2.05) is 32.2 Å². The predicted molar refractivity (Wildman–Crippen MR) is 84.8 cm³/mol. The molecule has 0 spiro atoms. The maximum atomic E-state index is 12.4. The molecule has 5 heteroatoms. The van der Waals surface area contributed by atoms with Crippen LogP contribution in [0.25, 0.3) is 0 Å². The normalized spacial score (nSPS) is 10.3. The van der Waals surface area contributed by atoms with Gasteiger partial charge in [-0.05, 0) is 31.4 Å². The first-order valence-corrected chi connectivity index (χ1v) is 8.21. The van der Waals surface area contributed by atoms with Crippen molar-refractivity contribution in [2.75, 3.05) is 5.32 Å². The van der Waals surface area contributed by atoms with E-state index in [4.69, 9.17) is 5.26 Å². The standard InChI is InChI=1S/C15H16N2OS2/c1-4-11-6-10(7-16)15(20-11)17-14(18)13-8-19-9(3)12(13)5-2/h6,8H,4-5H2,1-3H3,(H,17,18). The minimum absolute atomic E-state index is 0.118. The Hall–Kier alpha value is -1.64. The molecule has 1 N–H and O–H groups in total. The van der Waals surface area contributed by atoms with Crippen LogP contribution in [0.2, 0.25) is 0 Å². The number of hydrogen-bond acceptors (Lipinski definition) is 4. The summed E-state index contributed by atoms with van der Waals surface area (Å²) in [6.45, 7) is 6.12. The van der Waals surface area contributed by atoms with Crippen LogP contribution < -0.4 is 5.32 Å². The first-order valence-electron chi connectivity index (χ1n) is 6.51. The zero-order chi connectivity index (χ0) is 14.7. The highest BCUT2D eigenvalue weighted by atomic mass is 32.1. The number of nitrogens with zero attached hydrogens (tertiary/aromatic N) is 1. The summed E-state index contributed by atoms with van der Waals surface area (Å²) in [5, 5.41) is 14.6. The van der Waals surface area contributed by atoms with Gasteiger partial charge in [-0.2, -0.15) is 5.26 Å². The number of carbonyl (C=O) groups is 1. The van der Waals surface area contributed by atoms with Crippen molar-refractivity contribution in [3.8, 4) is 6.07 Å². The Balaban J connectivity index is 2.28. The summed E-state index contributed by atoms with van der Waals surface area (Å²) in [5.74, 6) is -0.118. The van der Waals surface area contributed by atoms with Crippen LogP contribution in [0.15, 0.2) is 11.4 Å². The number of hydrogen-bond donors (Lipinski definition) is 1. The van der Waals surface area contributed by atoms with Crippen LogP contribution >= 0.6 is 22.7 Å². The molecule has 2 heterocycles. The summed E-state index contributed by atoms with van der Waals surface area (Å²) in [4.78, 5) is 14.7. The number of nitrogens with one attached hydrogen (secondary N) is 1. The summed E-state index contributed by atoms with van der Waals surface area (Å²) in [7, 11) is 0. The molecular formula is C15H16N2OS2. The molecule has 0 unspecified atom stereocenters. The third-order valence-corrected chi connectivity index (χ3v) is 5.33. The smallest absolute Gasteiger partial charge is 0.257 e. The fourth-order valence-corrected chi connectivity index (χ4v) is 3.95. The van der Waals surface area contributed by atoms with Gasteiger partial charge in [-0.25, -0.2) is 0 Å². The lowest BCUT2D eigenvalue weighted by Crippen LogP contribution is -2.12. The van der Waals surface area contributed by atoms with Crippen LogP contribution in [0.4, 0.5) is 5.00 Å². The summed E-state index contributed by atoms with van der Waals surface area (Å²) in [6.07, 6.45) is 1.71. The van der Waals surface area contributed by atoms with E-state index >= 15 is 0 Å². The number of thiophene rings is 2. The number of amides is 1. The molecule has 1 amide bonds. The monoisotopic (exact) mass is 304 g/mol. The fraction of sp³-hybridized carbons (Fsp3) is 0.333. The first-order chi connectivity index (χ1) is 9.60. The van der Waals surface area contributed by atoms with E-state index in [0.717, 1.165) is 28.8 Å². The summed E-state index contributed by atoms with van der Waals surface area (Å²) in [5.41, 5.74) is 2.37. The van der Waals surface area contributed by atoms with E-state index in [0.29, 0.717) is 10.6 Å². The molecule has 0 fully saturated rings. The Labute approximate surface area is 126 Å². The van der Waals surface area contributed by atoms with E-state index < -0.39 is 0 Å². The summed E-state index contributed by atoms with van der Waals surface area (Å²) < 4.78 is 0. The quantitative estimate of drug-likeness (QED) is 0.912. The van der Waals surface area contributed by atoms with E-state index in [1.165, 1.54) is 16.2 Å². The van der Waals surface area contributed by atoms with Crippen molar-refractivity contribution in [1.82, 2.24) is 0 Å². The maximum Gasteiger partial charge on any atom is 0.257 e. The molecule has 3 nitrogen and oxygen atoms in total. The van der Waals surface area contributed by atoms with Gasteiger partial charge in [-0.3, -0.25) is 4.79 Å². The second kappa shape index (κ2) is 6.21. The third-order valence-electron chi connectivity index (χ3n) is 3.18. The number of anilines is 1. The molecule has 0 saturated carbocycles. The van der Waals surface area contributed by atoms with Crippen LogP contribution in [0.5, 0.6) is 0 Å². The fourth-order valence-electron chi connectivity index (χ4n) is 2.07. The van der Waals surface area contributed by atoms with Gasteiger partial charge in [0.1, 0.15) is 11.1 Å². The second-order valence-electron chi connectivity index (χ2n) is 4.41. The predicted octanol–water partition coefficient (Wildman–Crippen LogP) is 4.37. The molecule has 2 aromatic heterocycles. The Morgan fingerprint density at radius 1 is 1.40 bits per heavy atom. The zero-order valence-electron chi connectivity index (χ0n) is 11.7. The lowest BCUT2D eigenvalue weighted by Gasteiger charge is -2.04. The minimum Gasteiger partial charge on any atom is -0.312 e. The van der Waals surface area contributed by atoms with Gasteiger partial charge in [0.05, 0.1) is 11.1 Å². The highest BCUT2D eigenvalue weighted by Gasteiger charge is 2.17. The number of rotatable bonds is 4. The average Bonchev–Trinajstić information content (AvgIpc) is 3.01. The van der Waals surface area contributed by atoms with Crippen molar-refractivity contribution in [2.24, 2.45) is 0 Å². The topological polar surface area (TPSA) is 52.9 Å². The second-order valence-corrected chi connectivity index (χ2v) is 6.63. The maximum absolute atomic E-state index is 12.4. The SMILES string of the molecule is CCc1cc(C#N)c(NC(=O)c2csc(C)c2CC)s1. The molecule has 0 aliphatic carbocycles. The Bertz CT molecular complexity index is 677. The van der Waals surface area contributed by atoms with Crippen molar-refractivity contribution < 1.29 is 4.79 Å². The molecule has 104 valence electrons. The van der Waals surface area contributed by atoms with E-state index in [1.54, 1.807) is 11.3 Å². The van der Waals surface area contributed by atoms with Crippen LogP contribution in [0.1, 0.15) is 45.1 Å². The van der Waals surface area contributed by atoms with E-state index in [9.17, 15) is 4.79 Å². The summed E-state index contributed by atoms with van der Waals surface area (Å²) in [6, 6.07) is 3.99. The highest BCUT2D eigenvalue weighted by molar-refractivity contribution is 7.16. The molecule has 20 heavy (non-hydrogen) atoms. The van der Waals surface area contributed by atoms with Gasteiger partial charge in [0, 0.05) is 15.1 Å². The molecule has 0 atom stereocenters. The van der Waals surface area contributed by atoms with E-state index in [-0.39, 0.29) is 5.91 Å². The van der Waals surface area contributed by atoms with Gasteiger partial charge >= 0.3 is 0 Å². The van der Waals surface area contributed by atoms with Gasteiger partial charge in [-0.1, -0.05) is 13.8 Å². The average molecular weight is 304 g/mol. The number of aryl methyl sites for hydroxylation is 2. The summed E-state index contributed by atoms with van der Waals surface area (Å²) >= 11 is 3.07. The van der Waals surface area contributed by atoms with Gasteiger partial charge in [0.2, 0.25) is 0 Å². The highest BCUT2D eigenvalue weighted by Crippen LogP contribution is 2.29.